The van der Waals surface area contributed by atoms with E-state index in [1.807, 2.05) is 0 Å². The van der Waals surface area contributed by atoms with Gasteiger partial charge in [0.05, 0.1) is 21.7 Å². The molecule has 0 atom stereocenters. The van der Waals surface area contributed by atoms with Crippen LogP contribution in [0.15, 0.2) is 41.5 Å². The van der Waals surface area contributed by atoms with Gasteiger partial charge < -0.3 is 5.11 Å². The lowest BCUT2D eigenvalue weighted by Crippen LogP contribution is -2.18. The maximum atomic E-state index is 11.9. The lowest BCUT2D eigenvalue weighted by Gasteiger charge is -2.03. The van der Waals surface area contributed by atoms with Gasteiger partial charge in [0.2, 0.25) is 0 Å². The van der Waals surface area contributed by atoms with Crippen molar-refractivity contribution in [3.8, 4) is 5.75 Å². The largest absolute Gasteiger partial charge is 0.502 e. The highest BCUT2D eigenvalue weighted by atomic mass is 35.5. The topological polar surface area (TPSA) is 105 Å². The third-order valence-electron chi connectivity index (χ3n) is 2.75. The monoisotopic (exact) mass is 353 g/mol. The van der Waals surface area contributed by atoms with Gasteiger partial charge in [-0.3, -0.25) is 14.9 Å². The number of halogens is 2. The van der Waals surface area contributed by atoms with E-state index >= 15 is 0 Å². The first-order chi connectivity index (χ1) is 10.9. The summed E-state index contributed by atoms with van der Waals surface area (Å²) < 4.78 is 0. The van der Waals surface area contributed by atoms with Crippen molar-refractivity contribution in [1.82, 2.24) is 5.43 Å². The Kier molecular flexibility index (Phi) is 5.15. The molecule has 2 N–H and O–H groups in total. The Balaban J connectivity index is 2.13. The fourth-order valence-corrected chi connectivity index (χ4v) is 2.04. The maximum Gasteiger partial charge on any atom is 0.311 e. The molecule has 23 heavy (non-hydrogen) atoms. The number of phenols is 1. The van der Waals surface area contributed by atoms with Gasteiger partial charge in [-0.25, -0.2) is 5.43 Å². The molecule has 0 aliphatic rings. The summed E-state index contributed by atoms with van der Waals surface area (Å²) in [5.41, 5.74) is 2.25. The van der Waals surface area contributed by atoms with E-state index in [4.69, 9.17) is 23.2 Å². The SMILES string of the molecule is O=C(N/N=C/c1ccc(O)c([N+](=O)[O-])c1)c1cc(Cl)ccc1Cl. The van der Waals surface area contributed by atoms with Crippen molar-refractivity contribution in [2.45, 2.75) is 0 Å². The molecule has 7 nitrogen and oxygen atoms in total. The number of nitrogens with one attached hydrogen (secondary N) is 1. The number of nitro benzene ring substituents is 1. The molecule has 0 aliphatic heterocycles. The van der Waals surface area contributed by atoms with Crippen LogP contribution in [0.2, 0.25) is 10.0 Å². The number of hydrogen-bond donors (Lipinski definition) is 2. The molecule has 2 aromatic carbocycles. The van der Waals surface area contributed by atoms with Crippen molar-refractivity contribution in [3.05, 3.63) is 67.7 Å². The molecule has 2 aromatic rings. The average Bonchev–Trinajstić information content (AvgIpc) is 2.51. The zero-order valence-electron chi connectivity index (χ0n) is 11.4. The number of rotatable bonds is 4. The van der Waals surface area contributed by atoms with E-state index in [1.54, 1.807) is 6.07 Å². The van der Waals surface area contributed by atoms with Gasteiger partial charge in [-0.2, -0.15) is 5.10 Å². The Hall–Kier alpha value is -2.64. The highest BCUT2D eigenvalue weighted by molar-refractivity contribution is 6.35. The first kappa shape index (κ1) is 16.7. The van der Waals surface area contributed by atoms with Crippen LogP contribution in [0.5, 0.6) is 5.75 Å². The summed E-state index contributed by atoms with van der Waals surface area (Å²) >= 11 is 11.7. The second-order valence-electron chi connectivity index (χ2n) is 4.33. The smallest absolute Gasteiger partial charge is 0.311 e. The van der Waals surface area contributed by atoms with Crippen molar-refractivity contribution < 1.29 is 14.8 Å². The normalized spacial score (nSPS) is 10.7. The van der Waals surface area contributed by atoms with Crippen molar-refractivity contribution in [2.75, 3.05) is 0 Å². The minimum atomic E-state index is -0.725. The predicted octanol–water partition coefficient (Wildman–Crippen LogP) is 3.37. The van der Waals surface area contributed by atoms with Gasteiger partial charge >= 0.3 is 5.69 Å². The summed E-state index contributed by atoms with van der Waals surface area (Å²) in [5.74, 6) is -1.04. The molecule has 0 fully saturated rings. The van der Waals surface area contributed by atoms with Crippen LogP contribution in [0, 0.1) is 10.1 Å². The molecule has 9 heteroatoms. The molecule has 0 spiro atoms. The van der Waals surface area contributed by atoms with Gasteiger partial charge in [-0.1, -0.05) is 23.2 Å². The molecule has 0 bridgehead atoms. The van der Waals surface area contributed by atoms with Gasteiger partial charge in [0.25, 0.3) is 5.91 Å². The molecular weight excluding hydrogens is 345 g/mol. The van der Waals surface area contributed by atoms with Crippen LogP contribution in [-0.4, -0.2) is 22.2 Å². The molecule has 118 valence electrons. The third-order valence-corrected chi connectivity index (χ3v) is 3.31. The summed E-state index contributed by atoms with van der Waals surface area (Å²) in [6, 6.07) is 8.10. The molecule has 0 unspecified atom stereocenters. The first-order valence-corrected chi connectivity index (χ1v) is 6.90. The third kappa shape index (κ3) is 4.18. The van der Waals surface area contributed by atoms with Crippen LogP contribution in [0.4, 0.5) is 5.69 Å². The minimum Gasteiger partial charge on any atom is -0.502 e. The van der Waals surface area contributed by atoms with Crippen LogP contribution >= 0.6 is 23.2 Å². The molecule has 0 saturated carbocycles. The highest BCUT2D eigenvalue weighted by Gasteiger charge is 2.13. The van der Waals surface area contributed by atoms with E-state index in [1.165, 1.54) is 24.4 Å². The summed E-state index contributed by atoms with van der Waals surface area (Å²) in [7, 11) is 0. The van der Waals surface area contributed by atoms with Crippen LogP contribution in [-0.2, 0) is 0 Å². The number of amides is 1. The van der Waals surface area contributed by atoms with Crippen LogP contribution in [0.3, 0.4) is 0 Å². The molecule has 2 rings (SSSR count). The van der Waals surface area contributed by atoms with E-state index in [-0.39, 0.29) is 10.6 Å². The van der Waals surface area contributed by atoms with Gasteiger partial charge in [0, 0.05) is 16.7 Å². The van der Waals surface area contributed by atoms with Crippen molar-refractivity contribution >= 4 is 41.0 Å². The Morgan fingerprint density at radius 3 is 2.70 bits per heavy atom. The summed E-state index contributed by atoms with van der Waals surface area (Å²) in [4.78, 5) is 21.9. The predicted molar refractivity (Wildman–Crippen MR) is 86.3 cm³/mol. The number of hydrazone groups is 1. The minimum absolute atomic E-state index is 0.146. The van der Waals surface area contributed by atoms with Crippen molar-refractivity contribution in [2.24, 2.45) is 5.10 Å². The number of hydrogen-bond acceptors (Lipinski definition) is 5. The second-order valence-corrected chi connectivity index (χ2v) is 5.17. The van der Waals surface area contributed by atoms with Crippen LogP contribution in [0.1, 0.15) is 15.9 Å². The number of phenolic OH excluding ortho intramolecular Hbond substituents is 1. The number of nitrogens with zero attached hydrogens (tertiary/aromatic N) is 2. The molecule has 0 heterocycles. The fraction of sp³-hybridized carbons (Fsp3) is 0. The van der Waals surface area contributed by atoms with E-state index in [0.29, 0.717) is 10.6 Å². The molecule has 1 amide bonds. The Morgan fingerprint density at radius 1 is 1.26 bits per heavy atom. The van der Waals surface area contributed by atoms with Gasteiger partial charge in [-0.05, 0) is 30.3 Å². The molecule has 0 radical (unpaired) electrons. The van der Waals surface area contributed by atoms with Gasteiger partial charge in [0.1, 0.15) is 0 Å². The van der Waals surface area contributed by atoms with E-state index in [0.717, 1.165) is 12.1 Å². The Bertz CT molecular complexity index is 809. The Morgan fingerprint density at radius 2 is 2.00 bits per heavy atom. The summed E-state index contributed by atoms with van der Waals surface area (Å²) in [6.07, 6.45) is 1.20. The standard InChI is InChI=1S/C14H9Cl2N3O4/c15-9-2-3-11(16)10(6-9)14(21)18-17-7-8-1-4-13(20)12(5-8)19(22)23/h1-7,20H,(H,18,21)/b17-7+. The highest BCUT2D eigenvalue weighted by Crippen LogP contribution is 2.25. The molecule has 0 saturated heterocycles. The molecule has 0 aliphatic carbocycles. The second kappa shape index (κ2) is 7.08. The van der Waals surface area contributed by atoms with Crippen LogP contribution in [0.25, 0.3) is 0 Å². The molecule has 0 aromatic heterocycles. The number of nitro groups is 1. The number of carbonyl (C=O) groups excluding carboxylic acids is 1. The van der Waals surface area contributed by atoms with Gasteiger partial charge in [-0.15, -0.1) is 0 Å². The summed E-state index contributed by atoms with van der Waals surface area (Å²) in [6.45, 7) is 0. The zero-order chi connectivity index (χ0) is 17.0. The number of carbonyl (C=O) groups is 1. The van der Waals surface area contributed by atoms with Crippen LogP contribution < -0.4 is 5.43 Å². The van der Waals surface area contributed by atoms with Crippen molar-refractivity contribution in [3.63, 3.8) is 0 Å². The van der Waals surface area contributed by atoms with Crippen molar-refractivity contribution in [1.29, 1.82) is 0 Å². The maximum absolute atomic E-state index is 11.9. The summed E-state index contributed by atoms with van der Waals surface area (Å²) in [5, 5.41) is 24.3. The lowest BCUT2D eigenvalue weighted by atomic mass is 10.2. The zero-order valence-corrected chi connectivity index (χ0v) is 12.9. The van der Waals surface area contributed by atoms with E-state index in [9.17, 15) is 20.0 Å². The quantitative estimate of drug-likeness (QED) is 0.499. The fourth-order valence-electron chi connectivity index (χ4n) is 1.66. The molecular formula is C14H9Cl2N3O4. The van der Waals surface area contributed by atoms with E-state index < -0.39 is 22.3 Å². The average molecular weight is 354 g/mol. The Labute approximate surface area is 140 Å². The first-order valence-electron chi connectivity index (χ1n) is 6.14. The van der Waals surface area contributed by atoms with E-state index in [2.05, 4.69) is 10.5 Å². The van der Waals surface area contributed by atoms with Gasteiger partial charge in [0.15, 0.2) is 5.75 Å². The number of benzene rings is 2. The lowest BCUT2D eigenvalue weighted by molar-refractivity contribution is -0.385. The number of aromatic hydroxyl groups is 1.